The predicted molar refractivity (Wildman–Crippen MR) is 74.6 cm³/mol. The summed E-state index contributed by atoms with van der Waals surface area (Å²) in [4.78, 5) is -0.0432. The van der Waals surface area contributed by atoms with Crippen molar-refractivity contribution < 1.29 is 18.3 Å². The first-order valence-corrected chi connectivity index (χ1v) is 6.02. The fourth-order valence-corrected chi connectivity index (χ4v) is 1.51. The lowest BCUT2D eigenvalue weighted by Gasteiger charge is -2.11. The Hall–Kier alpha value is -2.20. The monoisotopic (exact) mass is 298 g/mol. The molecule has 1 aromatic rings. The fourth-order valence-electron chi connectivity index (χ4n) is 1.40. The van der Waals surface area contributed by atoms with Gasteiger partial charge >= 0.3 is 6.61 Å². The largest absolute Gasteiger partial charge is 0.490 e. The molecule has 0 heterocycles. The van der Waals surface area contributed by atoms with Crippen LogP contribution in [0.5, 0.6) is 11.5 Å². The van der Waals surface area contributed by atoms with Gasteiger partial charge in [0.15, 0.2) is 11.5 Å². The van der Waals surface area contributed by atoms with Crippen LogP contribution in [0, 0.1) is 11.3 Å². The standard InChI is InChI=1S/C13H12F2N2O2S/c1-2-18-11-6-8(5-9(7-16)12(17)20)3-4-10(11)19-13(14)15/h3-6,13H,2H2,1H3,(H2,17,20)/b9-5-. The number of benzene rings is 1. The Bertz CT molecular complexity index is 568. The van der Waals surface area contributed by atoms with Gasteiger partial charge in [0.25, 0.3) is 0 Å². The Labute approximate surface area is 120 Å². The zero-order valence-corrected chi connectivity index (χ0v) is 11.4. The SMILES string of the molecule is CCOc1cc(/C=C(/C#N)C(N)=S)ccc1OC(F)F. The summed E-state index contributed by atoms with van der Waals surface area (Å²) < 4.78 is 34.0. The lowest BCUT2D eigenvalue weighted by atomic mass is 10.1. The van der Waals surface area contributed by atoms with Crippen LogP contribution in [0.25, 0.3) is 6.08 Å². The van der Waals surface area contributed by atoms with E-state index in [1.54, 1.807) is 6.92 Å². The van der Waals surface area contributed by atoms with E-state index < -0.39 is 6.61 Å². The highest BCUT2D eigenvalue weighted by molar-refractivity contribution is 7.80. The summed E-state index contributed by atoms with van der Waals surface area (Å²) in [6.45, 7) is -0.945. The van der Waals surface area contributed by atoms with Gasteiger partial charge in [0, 0.05) is 0 Å². The second-order valence-corrected chi connectivity index (χ2v) is 3.99. The molecule has 0 amide bonds. The van der Waals surface area contributed by atoms with Crippen LogP contribution in [0.3, 0.4) is 0 Å². The molecule has 4 nitrogen and oxygen atoms in total. The van der Waals surface area contributed by atoms with Gasteiger partial charge in [-0.1, -0.05) is 18.3 Å². The minimum Gasteiger partial charge on any atom is -0.490 e. The number of hydrogen-bond acceptors (Lipinski definition) is 4. The number of ether oxygens (including phenoxy) is 2. The molecule has 7 heteroatoms. The van der Waals surface area contributed by atoms with Crippen LogP contribution in [0.1, 0.15) is 12.5 Å². The molecule has 0 unspecified atom stereocenters. The van der Waals surface area contributed by atoms with Gasteiger partial charge in [0.2, 0.25) is 0 Å². The summed E-state index contributed by atoms with van der Waals surface area (Å²) in [5, 5.41) is 8.86. The maximum Gasteiger partial charge on any atom is 0.387 e. The molecule has 0 aromatic heterocycles. The lowest BCUT2D eigenvalue weighted by molar-refractivity contribution is -0.0514. The number of nitrogens with zero attached hydrogens (tertiary/aromatic N) is 1. The maximum absolute atomic E-state index is 12.2. The van der Waals surface area contributed by atoms with Crippen LogP contribution in [0.4, 0.5) is 8.78 Å². The molecule has 20 heavy (non-hydrogen) atoms. The van der Waals surface area contributed by atoms with Crippen molar-refractivity contribution in [3.63, 3.8) is 0 Å². The van der Waals surface area contributed by atoms with Crippen molar-refractivity contribution in [3.8, 4) is 17.6 Å². The Morgan fingerprint density at radius 1 is 1.50 bits per heavy atom. The lowest BCUT2D eigenvalue weighted by Crippen LogP contribution is -2.09. The minimum absolute atomic E-state index is 0.0432. The summed E-state index contributed by atoms with van der Waals surface area (Å²) in [5.74, 6) is 0.0783. The van der Waals surface area contributed by atoms with Crippen molar-refractivity contribution in [2.24, 2.45) is 5.73 Å². The van der Waals surface area contributed by atoms with Crippen molar-refractivity contribution in [1.29, 1.82) is 5.26 Å². The molecular weight excluding hydrogens is 286 g/mol. The van der Waals surface area contributed by atoms with Gasteiger partial charge in [0.1, 0.15) is 11.1 Å². The zero-order chi connectivity index (χ0) is 15.1. The number of halogens is 2. The summed E-state index contributed by atoms with van der Waals surface area (Å²) >= 11 is 4.71. The highest BCUT2D eigenvalue weighted by Gasteiger charge is 2.11. The molecule has 2 N–H and O–H groups in total. The van der Waals surface area contributed by atoms with Crippen LogP contribution < -0.4 is 15.2 Å². The van der Waals surface area contributed by atoms with E-state index in [1.165, 1.54) is 24.3 Å². The maximum atomic E-state index is 12.2. The number of nitrogens with two attached hydrogens (primary N) is 1. The van der Waals surface area contributed by atoms with E-state index in [-0.39, 0.29) is 28.7 Å². The van der Waals surface area contributed by atoms with Gasteiger partial charge < -0.3 is 15.2 Å². The fraction of sp³-hybridized carbons (Fsp3) is 0.231. The molecule has 0 bridgehead atoms. The van der Waals surface area contributed by atoms with Gasteiger partial charge in [0.05, 0.1) is 12.2 Å². The normalized spacial score (nSPS) is 11.1. The van der Waals surface area contributed by atoms with E-state index in [0.717, 1.165) is 0 Å². The Morgan fingerprint density at radius 3 is 2.70 bits per heavy atom. The van der Waals surface area contributed by atoms with Gasteiger partial charge in [-0.25, -0.2) is 0 Å². The molecule has 0 spiro atoms. The summed E-state index contributed by atoms with van der Waals surface area (Å²) in [6.07, 6.45) is 1.44. The van der Waals surface area contributed by atoms with Crippen molar-refractivity contribution in [2.75, 3.05) is 6.61 Å². The number of hydrogen-bond donors (Lipinski definition) is 1. The van der Waals surface area contributed by atoms with E-state index >= 15 is 0 Å². The Kier molecular flexibility index (Phi) is 5.87. The van der Waals surface area contributed by atoms with Crippen LogP contribution >= 0.6 is 12.2 Å². The summed E-state index contributed by atoms with van der Waals surface area (Å²) in [6, 6.07) is 6.15. The molecule has 1 aromatic carbocycles. The Morgan fingerprint density at radius 2 is 2.20 bits per heavy atom. The van der Waals surface area contributed by atoms with Crippen LogP contribution in [-0.2, 0) is 0 Å². The van der Waals surface area contributed by atoms with Crippen molar-refractivity contribution in [3.05, 3.63) is 29.3 Å². The van der Waals surface area contributed by atoms with E-state index in [4.69, 9.17) is 28.0 Å². The predicted octanol–water partition coefficient (Wildman–Crippen LogP) is 2.88. The van der Waals surface area contributed by atoms with Crippen LogP contribution in [0.2, 0.25) is 0 Å². The van der Waals surface area contributed by atoms with E-state index in [9.17, 15) is 8.78 Å². The Balaban J connectivity index is 3.16. The first-order chi connectivity index (χ1) is 9.47. The quantitative estimate of drug-likeness (QED) is 0.497. The van der Waals surface area contributed by atoms with Gasteiger partial charge in [-0.05, 0) is 30.7 Å². The average Bonchev–Trinajstić information content (AvgIpc) is 2.38. The molecule has 0 saturated heterocycles. The van der Waals surface area contributed by atoms with Crippen LogP contribution in [0.15, 0.2) is 23.8 Å². The molecule has 106 valence electrons. The van der Waals surface area contributed by atoms with E-state index in [1.807, 2.05) is 6.07 Å². The van der Waals surface area contributed by atoms with Crippen molar-refractivity contribution in [2.45, 2.75) is 13.5 Å². The zero-order valence-electron chi connectivity index (χ0n) is 10.6. The molecule has 0 radical (unpaired) electrons. The molecule has 0 aliphatic heterocycles. The smallest absolute Gasteiger partial charge is 0.387 e. The molecule has 0 saturated carbocycles. The van der Waals surface area contributed by atoms with Gasteiger partial charge in [-0.3, -0.25) is 0 Å². The molecule has 0 fully saturated rings. The third-order valence-corrected chi connectivity index (χ3v) is 2.40. The molecule has 0 aliphatic rings. The molecule has 0 aliphatic carbocycles. The topological polar surface area (TPSA) is 68.3 Å². The second kappa shape index (κ2) is 7.40. The second-order valence-electron chi connectivity index (χ2n) is 3.55. The highest BCUT2D eigenvalue weighted by atomic mass is 32.1. The van der Waals surface area contributed by atoms with Crippen LogP contribution in [-0.4, -0.2) is 18.2 Å². The molecule has 0 atom stereocenters. The number of thiocarbonyl (C=S) groups is 1. The molecule has 1 rings (SSSR count). The third kappa shape index (κ3) is 4.48. The van der Waals surface area contributed by atoms with E-state index in [2.05, 4.69) is 4.74 Å². The van der Waals surface area contributed by atoms with Gasteiger partial charge in [-0.15, -0.1) is 0 Å². The highest BCUT2D eigenvalue weighted by Crippen LogP contribution is 2.30. The third-order valence-electron chi connectivity index (χ3n) is 2.18. The summed E-state index contributed by atoms with van der Waals surface area (Å²) in [5.41, 5.74) is 6.03. The number of alkyl halides is 2. The van der Waals surface area contributed by atoms with Crippen molar-refractivity contribution in [1.82, 2.24) is 0 Å². The summed E-state index contributed by atoms with van der Waals surface area (Å²) in [7, 11) is 0. The first kappa shape index (κ1) is 15.9. The van der Waals surface area contributed by atoms with Gasteiger partial charge in [-0.2, -0.15) is 14.0 Å². The number of nitriles is 1. The average molecular weight is 298 g/mol. The number of rotatable bonds is 6. The molecular formula is C13H12F2N2O2S. The first-order valence-electron chi connectivity index (χ1n) is 5.61. The van der Waals surface area contributed by atoms with Crippen molar-refractivity contribution >= 4 is 23.3 Å². The minimum atomic E-state index is -2.94. The van der Waals surface area contributed by atoms with E-state index in [0.29, 0.717) is 5.56 Å².